The predicted octanol–water partition coefficient (Wildman–Crippen LogP) is 4.60. The summed E-state index contributed by atoms with van der Waals surface area (Å²) >= 11 is 0. The zero-order valence-electron chi connectivity index (χ0n) is 11.4. The van der Waals surface area contributed by atoms with Crippen molar-refractivity contribution < 1.29 is 4.79 Å². The van der Waals surface area contributed by atoms with Crippen LogP contribution < -0.4 is 0 Å². The van der Waals surface area contributed by atoms with Crippen molar-refractivity contribution >= 4 is 28.1 Å². The zero-order chi connectivity index (χ0) is 14.2. The largest absolute Gasteiger partial charge is 0.309 e. The fourth-order valence-electron chi connectivity index (χ4n) is 2.92. The number of para-hydroxylation sites is 2. The standard InChI is InChI=1S/C19H13NO/c21-13-14-10-11-19-17(12-14)16-8-4-5-9-18(16)20(19)15-6-2-1-3-7-15/h1-13H. The molecule has 0 unspecified atom stereocenters. The molecule has 0 amide bonds. The van der Waals surface area contributed by atoms with Gasteiger partial charge in [0, 0.05) is 22.0 Å². The van der Waals surface area contributed by atoms with E-state index in [1.54, 1.807) is 0 Å². The highest BCUT2D eigenvalue weighted by Gasteiger charge is 2.11. The third-order valence-corrected chi connectivity index (χ3v) is 3.85. The molecular weight excluding hydrogens is 258 g/mol. The molecular formula is C19H13NO. The van der Waals surface area contributed by atoms with Crippen molar-refractivity contribution in [3.05, 3.63) is 78.4 Å². The maximum atomic E-state index is 11.1. The van der Waals surface area contributed by atoms with Crippen LogP contribution in [-0.2, 0) is 0 Å². The van der Waals surface area contributed by atoms with Gasteiger partial charge in [-0.05, 0) is 36.4 Å². The van der Waals surface area contributed by atoms with Crippen LogP contribution in [0.3, 0.4) is 0 Å². The molecule has 2 heteroatoms. The molecule has 21 heavy (non-hydrogen) atoms. The van der Waals surface area contributed by atoms with E-state index in [0.29, 0.717) is 5.56 Å². The Labute approximate surface area is 122 Å². The summed E-state index contributed by atoms with van der Waals surface area (Å²) < 4.78 is 2.24. The smallest absolute Gasteiger partial charge is 0.150 e. The van der Waals surface area contributed by atoms with Crippen molar-refractivity contribution in [2.75, 3.05) is 0 Å². The van der Waals surface area contributed by atoms with Crippen LogP contribution in [0.1, 0.15) is 10.4 Å². The third kappa shape index (κ3) is 1.77. The van der Waals surface area contributed by atoms with Crippen LogP contribution in [0.25, 0.3) is 27.5 Å². The van der Waals surface area contributed by atoms with Gasteiger partial charge in [-0.2, -0.15) is 0 Å². The lowest BCUT2D eigenvalue weighted by Crippen LogP contribution is -1.92. The zero-order valence-corrected chi connectivity index (χ0v) is 11.4. The Bertz CT molecular complexity index is 951. The van der Waals surface area contributed by atoms with Crippen molar-refractivity contribution in [1.29, 1.82) is 0 Å². The first-order valence-electron chi connectivity index (χ1n) is 6.92. The normalized spacial score (nSPS) is 11.0. The number of carbonyl (C=O) groups excluding carboxylic acids is 1. The van der Waals surface area contributed by atoms with Gasteiger partial charge in [0.1, 0.15) is 6.29 Å². The molecule has 0 bridgehead atoms. The van der Waals surface area contributed by atoms with Gasteiger partial charge in [0.2, 0.25) is 0 Å². The second kappa shape index (κ2) is 4.60. The first-order valence-corrected chi connectivity index (χ1v) is 6.92. The van der Waals surface area contributed by atoms with Crippen molar-refractivity contribution in [3.63, 3.8) is 0 Å². The minimum absolute atomic E-state index is 0.707. The Morgan fingerprint density at radius 3 is 2.24 bits per heavy atom. The van der Waals surface area contributed by atoms with Crippen LogP contribution >= 0.6 is 0 Å². The van der Waals surface area contributed by atoms with Crippen LogP contribution in [0.15, 0.2) is 72.8 Å². The number of nitrogens with zero attached hydrogens (tertiary/aromatic N) is 1. The van der Waals surface area contributed by atoms with E-state index in [1.165, 1.54) is 5.39 Å². The molecule has 0 aliphatic rings. The third-order valence-electron chi connectivity index (χ3n) is 3.85. The van der Waals surface area contributed by atoms with Gasteiger partial charge in [-0.15, -0.1) is 0 Å². The van der Waals surface area contributed by atoms with Crippen LogP contribution in [-0.4, -0.2) is 10.9 Å². The number of carbonyl (C=O) groups is 1. The highest BCUT2D eigenvalue weighted by Crippen LogP contribution is 2.32. The molecule has 0 saturated carbocycles. The lowest BCUT2D eigenvalue weighted by Gasteiger charge is -2.07. The van der Waals surface area contributed by atoms with Gasteiger partial charge in [-0.1, -0.05) is 36.4 Å². The monoisotopic (exact) mass is 271 g/mol. The summed E-state index contributed by atoms with van der Waals surface area (Å²) in [5.41, 5.74) is 4.11. The quantitative estimate of drug-likeness (QED) is 0.488. The second-order valence-electron chi connectivity index (χ2n) is 5.08. The van der Waals surface area contributed by atoms with Crippen molar-refractivity contribution in [3.8, 4) is 5.69 Å². The molecule has 0 N–H and O–H groups in total. The summed E-state index contributed by atoms with van der Waals surface area (Å²) in [5, 5.41) is 2.28. The molecule has 0 fully saturated rings. The number of benzene rings is 3. The summed E-state index contributed by atoms with van der Waals surface area (Å²) in [6.07, 6.45) is 0.897. The van der Waals surface area contributed by atoms with Gasteiger partial charge in [-0.3, -0.25) is 4.79 Å². The SMILES string of the molecule is O=Cc1ccc2c(c1)c1ccccc1n2-c1ccccc1. The Hall–Kier alpha value is -2.87. The Morgan fingerprint density at radius 2 is 1.43 bits per heavy atom. The Morgan fingerprint density at radius 1 is 0.714 bits per heavy atom. The Kier molecular flexibility index (Phi) is 2.61. The van der Waals surface area contributed by atoms with E-state index < -0.39 is 0 Å². The summed E-state index contributed by atoms with van der Waals surface area (Å²) in [6.45, 7) is 0. The molecule has 0 aliphatic carbocycles. The summed E-state index contributed by atoms with van der Waals surface area (Å²) in [4.78, 5) is 11.1. The molecule has 4 rings (SSSR count). The molecule has 3 aromatic carbocycles. The molecule has 0 aliphatic heterocycles. The summed E-state index contributed by atoms with van der Waals surface area (Å²) in [5.74, 6) is 0. The number of aromatic nitrogens is 1. The van der Waals surface area contributed by atoms with Crippen LogP contribution in [0.2, 0.25) is 0 Å². The fourth-order valence-corrected chi connectivity index (χ4v) is 2.92. The van der Waals surface area contributed by atoms with Crippen LogP contribution in [0.5, 0.6) is 0 Å². The molecule has 0 atom stereocenters. The lowest BCUT2D eigenvalue weighted by molar-refractivity contribution is 0.112. The van der Waals surface area contributed by atoms with Gasteiger partial charge in [0.05, 0.1) is 11.0 Å². The fraction of sp³-hybridized carbons (Fsp3) is 0. The molecule has 0 spiro atoms. The highest BCUT2D eigenvalue weighted by atomic mass is 16.1. The minimum atomic E-state index is 0.707. The number of hydrogen-bond donors (Lipinski definition) is 0. The van der Waals surface area contributed by atoms with Gasteiger partial charge in [0.15, 0.2) is 0 Å². The van der Waals surface area contributed by atoms with E-state index in [2.05, 4.69) is 28.8 Å². The maximum Gasteiger partial charge on any atom is 0.150 e. The van der Waals surface area contributed by atoms with Gasteiger partial charge < -0.3 is 4.57 Å². The molecule has 1 heterocycles. The molecule has 1 aromatic heterocycles. The predicted molar refractivity (Wildman–Crippen MR) is 86.2 cm³/mol. The van der Waals surface area contributed by atoms with Crippen molar-refractivity contribution in [2.45, 2.75) is 0 Å². The molecule has 4 aromatic rings. The first kappa shape index (κ1) is 11.9. The summed E-state index contributed by atoms with van der Waals surface area (Å²) in [6, 6.07) is 24.4. The van der Waals surface area contributed by atoms with E-state index in [1.807, 2.05) is 48.5 Å². The number of hydrogen-bond acceptors (Lipinski definition) is 1. The van der Waals surface area contributed by atoms with Gasteiger partial charge in [0.25, 0.3) is 0 Å². The van der Waals surface area contributed by atoms with E-state index in [4.69, 9.17) is 0 Å². The average molecular weight is 271 g/mol. The van der Waals surface area contributed by atoms with E-state index in [0.717, 1.165) is 28.4 Å². The van der Waals surface area contributed by atoms with E-state index in [-0.39, 0.29) is 0 Å². The summed E-state index contributed by atoms with van der Waals surface area (Å²) in [7, 11) is 0. The average Bonchev–Trinajstić information content (AvgIpc) is 2.89. The van der Waals surface area contributed by atoms with Crippen LogP contribution in [0, 0.1) is 0 Å². The molecule has 2 nitrogen and oxygen atoms in total. The second-order valence-corrected chi connectivity index (χ2v) is 5.08. The first-order chi connectivity index (χ1) is 10.4. The lowest BCUT2D eigenvalue weighted by atomic mass is 10.1. The van der Waals surface area contributed by atoms with Crippen molar-refractivity contribution in [1.82, 2.24) is 4.57 Å². The van der Waals surface area contributed by atoms with Gasteiger partial charge in [-0.25, -0.2) is 0 Å². The van der Waals surface area contributed by atoms with Crippen molar-refractivity contribution in [2.24, 2.45) is 0 Å². The highest BCUT2D eigenvalue weighted by molar-refractivity contribution is 6.10. The van der Waals surface area contributed by atoms with E-state index in [9.17, 15) is 4.79 Å². The minimum Gasteiger partial charge on any atom is -0.309 e. The number of rotatable bonds is 2. The molecule has 0 radical (unpaired) electrons. The van der Waals surface area contributed by atoms with Crippen LogP contribution in [0.4, 0.5) is 0 Å². The number of fused-ring (bicyclic) bond motifs is 3. The number of aldehydes is 1. The maximum absolute atomic E-state index is 11.1. The topological polar surface area (TPSA) is 22.0 Å². The molecule has 0 saturated heterocycles. The van der Waals surface area contributed by atoms with Gasteiger partial charge >= 0.3 is 0 Å². The Balaban J connectivity index is 2.20. The van der Waals surface area contributed by atoms with E-state index >= 15 is 0 Å². The molecule has 100 valence electrons.